The molecule has 0 unspecified atom stereocenters. The second-order valence-electron chi connectivity index (χ2n) is 5.64. The molecule has 0 aliphatic heterocycles. The summed E-state index contributed by atoms with van der Waals surface area (Å²) >= 11 is 0. The molecular formula is C21H18N2O3. The first kappa shape index (κ1) is 17.4. The quantitative estimate of drug-likeness (QED) is 0.518. The number of aromatic nitrogens is 1. The Hall–Kier alpha value is -3.44. The second kappa shape index (κ2) is 8.09. The van der Waals surface area contributed by atoms with Gasteiger partial charge in [-0.05, 0) is 30.7 Å². The minimum atomic E-state index is -0.403. The molecule has 0 atom stereocenters. The fourth-order valence-electron chi connectivity index (χ4n) is 2.78. The molecule has 5 heteroatoms. The molecule has 0 N–H and O–H groups in total. The van der Waals surface area contributed by atoms with E-state index in [0.29, 0.717) is 11.3 Å². The Bertz CT molecular complexity index is 1050. The van der Waals surface area contributed by atoms with Crippen LogP contribution in [-0.2, 0) is 4.74 Å². The number of hydrogen-bond donors (Lipinski definition) is 0. The van der Waals surface area contributed by atoms with Gasteiger partial charge in [-0.3, -0.25) is 0 Å². The van der Waals surface area contributed by atoms with Gasteiger partial charge in [-0.15, -0.1) is 0 Å². The summed E-state index contributed by atoms with van der Waals surface area (Å²) in [5.74, 6) is 5.99. The normalized spacial score (nSPS) is 10.2. The number of nitrogens with zero attached hydrogens (tertiary/aromatic N) is 2. The van der Waals surface area contributed by atoms with Gasteiger partial charge >= 0.3 is 5.97 Å². The van der Waals surface area contributed by atoms with Crippen LogP contribution in [0.15, 0.2) is 42.6 Å². The monoisotopic (exact) mass is 346 g/mol. The molecule has 0 fully saturated rings. The molecule has 3 aromatic rings. The van der Waals surface area contributed by atoms with Gasteiger partial charge in [0.05, 0.1) is 16.6 Å². The van der Waals surface area contributed by atoms with Crippen molar-refractivity contribution in [2.24, 2.45) is 0 Å². The van der Waals surface area contributed by atoms with E-state index >= 15 is 0 Å². The summed E-state index contributed by atoms with van der Waals surface area (Å²) in [7, 11) is 0. The second-order valence-corrected chi connectivity index (χ2v) is 5.64. The molecule has 5 nitrogen and oxygen atoms in total. The first-order valence-electron chi connectivity index (χ1n) is 8.41. The van der Waals surface area contributed by atoms with Crippen LogP contribution in [0.25, 0.3) is 16.4 Å². The van der Waals surface area contributed by atoms with E-state index < -0.39 is 5.97 Å². The fourth-order valence-corrected chi connectivity index (χ4v) is 2.78. The molecule has 2 aromatic heterocycles. The molecule has 0 spiro atoms. The molecule has 1 aromatic carbocycles. The maximum absolute atomic E-state index is 12.6. The van der Waals surface area contributed by atoms with Gasteiger partial charge in [0.15, 0.2) is 13.2 Å². The zero-order valence-corrected chi connectivity index (χ0v) is 14.5. The van der Waals surface area contributed by atoms with E-state index in [9.17, 15) is 4.79 Å². The summed E-state index contributed by atoms with van der Waals surface area (Å²) in [4.78, 5) is 12.6. The van der Waals surface area contributed by atoms with Gasteiger partial charge in [-0.2, -0.15) is 5.26 Å². The lowest BCUT2D eigenvalue weighted by atomic mass is 10.1. The number of rotatable bonds is 5. The summed E-state index contributed by atoms with van der Waals surface area (Å²) in [5.41, 5.74) is 2.08. The third kappa shape index (κ3) is 3.48. The van der Waals surface area contributed by atoms with Crippen LogP contribution in [0.5, 0.6) is 5.75 Å². The average molecular weight is 346 g/mol. The van der Waals surface area contributed by atoms with Crippen LogP contribution in [0, 0.1) is 23.2 Å². The third-order valence-electron chi connectivity index (χ3n) is 3.90. The highest BCUT2D eigenvalue weighted by atomic mass is 16.5. The molecule has 0 saturated carbocycles. The molecule has 26 heavy (non-hydrogen) atoms. The van der Waals surface area contributed by atoms with E-state index in [1.165, 1.54) is 0 Å². The minimum absolute atomic E-state index is 0.0276. The van der Waals surface area contributed by atoms with Gasteiger partial charge in [-0.1, -0.05) is 24.8 Å². The van der Waals surface area contributed by atoms with E-state index in [4.69, 9.17) is 14.7 Å². The summed E-state index contributed by atoms with van der Waals surface area (Å²) in [5, 5.41) is 9.44. The number of fused-ring (bicyclic) bond motifs is 3. The zero-order valence-electron chi connectivity index (χ0n) is 14.5. The number of hydrogen-bond acceptors (Lipinski definition) is 4. The van der Waals surface area contributed by atoms with Crippen molar-refractivity contribution < 1.29 is 14.3 Å². The maximum Gasteiger partial charge on any atom is 0.341 e. The lowest BCUT2D eigenvalue weighted by Crippen LogP contribution is -2.05. The van der Waals surface area contributed by atoms with Crippen molar-refractivity contribution in [3.05, 3.63) is 48.2 Å². The number of ether oxygens (including phenoxy) is 2. The standard InChI is InChI=1S/C21H18N2O3/c1-2-3-4-7-13-26-21(24)20-17-10-9-16(25-14-11-22)15-19(17)23-12-6-5-8-18(20)23/h5-6,8-10,12,15H,2-3,13-14H2,1H3. The van der Waals surface area contributed by atoms with Crippen molar-refractivity contribution in [2.75, 3.05) is 13.2 Å². The minimum Gasteiger partial charge on any atom is -0.479 e. The van der Waals surface area contributed by atoms with Crippen molar-refractivity contribution in [1.29, 1.82) is 5.26 Å². The van der Waals surface area contributed by atoms with Crippen LogP contribution < -0.4 is 4.74 Å². The first-order valence-corrected chi connectivity index (χ1v) is 8.41. The largest absolute Gasteiger partial charge is 0.479 e. The molecule has 0 aliphatic carbocycles. The van der Waals surface area contributed by atoms with E-state index in [-0.39, 0.29) is 13.2 Å². The lowest BCUT2D eigenvalue weighted by Gasteiger charge is -2.02. The summed E-state index contributed by atoms with van der Waals surface area (Å²) in [6.07, 6.45) is 3.65. The number of unbranched alkanes of at least 4 members (excludes halogenated alkanes) is 1. The molecule has 0 amide bonds. The Morgan fingerprint density at radius 1 is 1.15 bits per heavy atom. The number of carbonyl (C=O) groups is 1. The lowest BCUT2D eigenvalue weighted by molar-refractivity contribution is 0.0561. The van der Waals surface area contributed by atoms with Gasteiger partial charge in [0.1, 0.15) is 11.8 Å². The SMILES string of the molecule is CCCC#CCOC(=O)c1c2ccc(OCC#N)cc2n2ccccc12. The van der Waals surface area contributed by atoms with Crippen LogP contribution in [0.4, 0.5) is 0 Å². The van der Waals surface area contributed by atoms with Crippen LogP contribution >= 0.6 is 0 Å². The Morgan fingerprint density at radius 3 is 2.85 bits per heavy atom. The average Bonchev–Trinajstić information content (AvgIpc) is 3.00. The molecule has 0 bridgehead atoms. The van der Waals surface area contributed by atoms with Crippen LogP contribution in [0.3, 0.4) is 0 Å². The van der Waals surface area contributed by atoms with E-state index in [1.54, 1.807) is 6.07 Å². The van der Waals surface area contributed by atoms with Crippen LogP contribution in [-0.4, -0.2) is 23.6 Å². The highest BCUT2D eigenvalue weighted by Gasteiger charge is 2.19. The third-order valence-corrected chi connectivity index (χ3v) is 3.90. The van der Waals surface area contributed by atoms with Crippen molar-refractivity contribution in [2.45, 2.75) is 19.8 Å². The first-order chi connectivity index (χ1) is 12.8. The highest BCUT2D eigenvalue weighted by Crippen LogP contribution is 2.30. The maximum atomic E-state index is 12.6. The van der Waals surface area contributed by atoms with Crippen molar-refractivity contribution in [3.63, 3.8) is 0 Å². The van der Waals surface area contributed by atoms with Crippen molar-refractivity contribution in [3.8, 4) is 23.7 Å². The summed E-state index contributed by atoms with van der Waals surface area (Å²) in [6, 6.07) is 13.0. The zero-order chi connectivity index (χ0) is 18.4. The van der Waals surface area contributed by atoms with Crippen LogP contribution in [0.1, 0.15) is 30.1 Å². The van der Waals surface area contributed by atoms with Gasteiger partial charge < -0.3 is 13.9 Å². The Labute approximate surface area is 151 Å². The van der Waals surface area contributed by atoms with E-state index in [0.717, 1.165) is 29.3 Å². The molecule has 2 heterocycles. The van der Waals surface area contributed by atoms with Crippen LogP contribution in [0.2, 0.25) is 0 Å². The van der Waals surface area contributed by atoms with E-state index in [1.807, 2.05) is 47.0 Å². The number of esters is 1. The predicted molar refractivity (Wildman–Crippen MR) is 99.0 cm³/mol. The smallest absolute Gasteiger partial charge is 0.341 e. The Morgan fingerprint density at radius 2 is 2.04 bits per heavy atom. The highest BCUT2D eigenvalue weighted by molar-refractivity contribution is 6.12. The topological polar surface area (TPSA) is 63.7 Å². The number of benzene rings is 1. The Balaban J connectivity index is 1.99. The van der Waals surface area contributed by atoms with E-state index in [2.05, 4.69) is 18.8 Å². The summed E-state index contributed by atoms with van der Waals surface area (Å²) in [6.45, 7) is 2.10. The summed E-state index contributed by atoms with van der Waals surface area (Å²) < 4.78 is 12.6. The molecule has 130 valence electrons. The van der Waals surface area contributed by atoms with Gasteiger partial charge in [0.2, 0.25) is 0 Å². The number of carbonyl (C=O) groups excluding carboxylic acids is 1. The number of nitriles is 1. The Kier molecular flexibility index (Phi) is 5.41. The predicted octanol–water partition coefficient (Wildman–Crippen LogP) is 3.96. The molecular weight excluding hydrogens is 328 g/mol. The van der Waals surface area contributed by atoms with Crippen molar-refractivity contribution in [1.82, 2.24) is 4.40 Å². The molecule has 0 aliphatic rings. The van der Waals surface area contributed by atoms with Gasteiger partial charge in [-0.25, -0.2) is 4.79 Å². The molecule has 0 radical (unpaired) electrons. The van der Waals surface area contributed by atoms with Crippen molar-refractivity contribution >= 4 is 22.4 Å². The fraction of sp³-hybridized carbons (Fsp3) is 0.238. The molecule has 3 rings (SSSR count). The van der Waals surface area contributed by atoms with Gasteiger partial charge in [0, 0.05) is 24.1 Å². The van der Waals surface area contributed by atoms with Gasteiger partial charge in [0.25, 0.3) is 0 Å². The molecule has 0 saturated heterocycles. The number of pyridine rings is 1.